The number of carbonyl (C=O) groups excluding carboxylic acids is 6. The van der Waals surface area contributed by atoms with Crippen LogP contribution in [0.25, 0.3) is 32.7 Å². The summed E-state index contributed by atoms with van der Waals surface area (Å²) in [7, 11) is 0. The van der Waals surface area contributed by atoms with Crippen LogP contribution in [0, 0.1) is 0 Å². The van der Waals surface area contributed by atoms with Gasteiger partial charge in [0.25, 0.3) is 0 Å². The number of nitrogens with one attached hydrogen (secondary N) is 9. The molecule has 0 saturated carbocycles. The minimum atomic E-state index is -0.893. The second-order valence-corrected chi connectivity index (χ2v) is 22.8. The van der Waals surface area contributed by atoms with Gasteiger partial charge in [0.15, 0.2) is 0 Å². The van der Waals surface area contributed by atoms with Crippen LogP contribution in [0.1, 0.15) is 56.0 Å². The maximum atomic E-state index is 14.3. The Morgan fingerprint density at radius 3 is 0.824 bits per heavy atom. The number of aromatic amines is 3. The molecule has 3 heterocycles. The molecule has 0 unspecified atom stereocenters. The third-order valence-corrected chi connectivity index (χ3v) is 16.4. The van der Waals surface area contributed by atoms with Gasteiger partial charge in [0.2, 0.25) is 35.4 Å². The van der Waals surface area contributed by atoms with E-state index >= 15 is 0 Å². The molecule has 91 heavy (non-hydrogen) atoms. The summed E-state index contributed by atoms with van der Waals surface area (Å²) in [6, 6.07) is 71.9. The third-order valence-electron chi connectivity index (χ3n) is 16.4. The second kappa shape index (κ2) is 28.1. The molecule has 3 aromatic heterocycles. The van der Waals surface area contributed by atoms with Gasteiger partial charge < -0.3 is 46.9 Å². The Balaban J connectivity index is 0.790. The Labute approximate surface area is 526 Å². The quantitative estimate of drug-likeness (QED) is 0.0268. The summed E-state index contributed by atoms with van der Waals surface area (Å²) in [5.41, 5.74) is 12.0. The van der Waals surface area contributed by atoms with Crippen LogP contribution in [0.15, 0.2) is 255 Å². The van der Waals surface area contributed by atoms with Crippen LogP contribution in [0.5, 0.6) is 0 Å². The maximum absolute atomic E-state index is 14.3. The highest BCUT2D eigenvalue weighted by molar-refractivity contribution is 6.01. The molecular formula is C76H67N9O6. The van der Waals surface area contributed by atoms with Crippen molar-refractivity contribution in [2.24, 2.45) is 0 Å². The van der Waals surface area contributed by atoms with Crippen LogP contribution < -0.4 is 31.9 Å². The fourth-order valence-corrected chi connectivity index (χ4v) is 11.8. The highest BCUT2D eigenvalue weighted by Gasteiger charge is 2.27. The van der Waals surface area contributed by atoms with Crippen LogP contribution >= 0.6 is 0 Å². The monoisotopic (exact) mass is 1200 g/mol. The molecular weight excluding hydrogens is 1130 g/mol. The minimum absolute atomic E-state index is 0.0829. The van der Waals surface area contributed by atoms with Crippen LogP contribution in [0.3, 0.4) is 0 Å². The molecule has 0 aliphatic rings. The average molecular weight is 1200 g/mol. The van der Waals surface area contributed by atoms with E-state index in [1.165, 1.54) is 0 Å². The number of rotatable bonds is 24. The Morgan fingerprint density at radius 2 is 0.549 bits per heavy atom. The third kappa shape index (κ3) is 15.1. The Kier molecular flexibility index (Phi) is 18.4. The van der Waals surface area contributed by atoms with E-state index < -0.39 is 24.0 Å². The number of hydrogen-bond donors (Lipinski definition) is 9. The summed E-state index contributed by atoms with van der Waals surface area (Å²) in [6.07, 6.45) is 6.52. The summed E-state index contributed by atoms with van der Waals surface area (Å²) < 4.78 is 0. The maximum Gasteiger partial charge on any atom is 0.247 e. The molecule has 0 radical (unpaired) electrons. The molecule has 6 amide bonds. The van der Waals surface area contributed by atoms with Crippen molar-refractivity contribution in [3.05, 3.63) is 305 Å². The van der Waals surface area contributed by atoms with Crippen molar-refractivity contribution in [3.63, 3.8) is 0 Å². The highest BCUT2D eigenvalue weighted by atomic mass is 16.2. The number of carbonyl (C=O) groups is 6. The van der Waals surface area contributed by atoms with Crippen LogP contribution in [-0.2, 0) is 67.3 Å². The number of H-pyrrole nitrogens is 3. The Morgan fingerprint density at radius 1 is 0.297 bits per heavy atom. The van der Waals surface area contributed by atoms with Gasteiger partial charge in [0.1, 0.15) is 18.1 Å². The van der Waals surface area contributed by atoms with Gasteiger partial charge in [0.05, 0.1) is 19.3 Å². The molecule has 0 aliphatic carbocycles. The number of anilines is 3. The van der Waals surface area contributed by atoms with Gasteiger partial charge >= 0.3 is 0 Å². The molecule has 15 heteroatoms. The molecule has 12 aromatic rings. The first-order valence-corrected chi connectivity index (χ1v) is 30.4. The molecule has 452 valence electrons. The van der Waals surface area contributed by atoms with Crippen molar-refractivity contribution in [1.29, 1.82) is 0 Å². The summed E-state index contributed by atoms with van der Waals surface area (Å²) in [5, 5.41) is 21.1. The lowest BCUT2D eigenvalue weighted by Crippen LogP contribution is -2.45. The van der Waals surface area contributed by atoms with E-state index in [-0.39, 0.29) is 74.0 Å². The first kappa shape index (κ1) is 59.7. The zero-order valence-corrected chi connectivity index (χ0v) is 49.8. The molecule has 0 bridgehead atoms. The molecule has 0 aliphatic heterocycles. The predicted octanol–water partition coefficient (Wildman–Crippen LogP) is 12.0. The second-order valence-electron chi connectivity index (χ2n) is 22.8. The number of fused-ring (bicyclic) bond motifs is 3. The summed E-state index contributed by atoms with van der Waals surface area (Å²) in [5.74, 6) is -2.41. The molecule has 12 rings (SSSR count). The van der Waals surface area contributed by atoms with E-state index in [1.54, 1.807) is 0 Å². The lowest BCUT2D eigenvalue weighted by Gasteiger charge is -2.22. The van der Waals surface area contributed by atoms with Gasteiger partial charge in [-0.3, -0.25) is 28.8 Å². The molecule has 9 N–H and O–H groups in total. The molecule has 3 atom stereocenters. The van der Waals surface area contributed by atoms with E-state index in [2.05, 4.69) is 46.9 Å². The van der Waals surface area contributed by atoms with E-state index in [0.29, 0.717) is 17.1 Å². The Bertz CT molecular complexity index is 4050. The SMILES string of the molecule is O=C(Cc1c[nH]c2ccccc12)N[C@@H](Cc1ccccc1)C(=O)Nc1ccc(C(c2ccc(NC(=O)[C@H](Cc3ccccc3)NC(=O)Cc3c[nH]c4ccccc34)cc2)c2ccc(NC(=O)[C@H](Cc3ccccc3)NC(=O)Cc3c[nH]c4ccccc34)cc2)cc1. The van der Waals surface area contributed by atoms with E-state index in [9.17, 15) is 28.8 Å². The van der Waals surface area contributed by atoms with Gasteiger partial charge in [0, 0.05) is 93.5 Å². The fraction of sp³-hybridized carbons (Fsp3) is 0.132. The summed E-state index contributed by atoms with van der Waals surface area (Å²) in [6.45, 7) is 0. The molecule has 0 fully saturated rings. The fourth-order valence-electron chi connectivity index (χ4n) is 11.8. The van der Waals surface area contributed by atoms with Crippen LogP contribution in [0.2, 0.25) is 0 Å². The predicted molar refractivity (Wildman–Crippen MR) is 358 cm³/mol. The summed E-state index contributed by atoms with van der Waals surface area (Å²) in [4.78, 5) is 93.7. The molecule has 0 spiro atoms. The van der Waals surface area contributed by atoms with Crippen molar-refractivity contribution in [2.45, 2.75) is 62.6 Å². The van der Waals surface area contributed by atoms with Gasteiger partial charge in [-0.2, -0.15) is 0 Å². The first-order chi connectivity index (χ1) is 44.5. The molecule has 15 nitrogen and oxygen atoms in total. The zero-order valence-electron chi connectivity index (χ0n) is 49.8. The lowest BCUT2D eigenvalue weighted by atomic mass is 9.85. The lowest BCUT2D eigenvalue weighted by molar-refractivity contribution is -0.126. The van der Waals surface area contributed by atoms with Crippen molar-refractivity contribution < 1.29 is 28.8 Å². The first-order valence-electron chi connectivity index (χ1n) is 30.4. The van der Waals surface area contributed by atoms with E-state index in [1.807, 2.05) is 255 Å². The van der Waals surface area contributed by atoms with Gasteiger partial charge in [-0.25, -0.2) is 0 Å². The number of benzene rings is 9. The standard InChI is InChI=1S/C76H67N9O6/c86-70(43-55-46-77-64-25-13-10-22-61(55)64)83-67(40-49-16-4-1-5-17-49)74(89)80-58-34-28-52(29-35-58)73(53-30-36-59(37-31-53)81-75(90)68(41-50-18-6-2-7-19-50)84-71(87)44-56-47-78-65-26-14-11-23-62(56)65)54-32-38-60(39-33-54)82-76(91)69(42-51-20-8-3-9-21-51)85-72(88)45-57-48-79-66-27-15-12-24-63(57)66/h1-39,46-48,67-69,73,77-79H,40-45H2,(H,80,89)(H,81,90)(H,82,91)(H,83,86)(H,84,87)(H,85,88)/t67-,68-,69-/m0/s1. The van der Waals surface area contributed by atoms with Crippen molar-refractivity contribution in [3.8, 4) is 0 Å². The number of amides is 6. The van der Waals surface area contributed by atoms with Gasteiger partial charge in [-0.05, 0) is 105 Å². The molecule has 0 saturated heterocycles. The van der Waals surface area contributed by atoms with Crippen molar-refractivity contribution >= 4 is 85.2 Å². The summed E-state index contributed by atoms with van der Waals surface area (Å²) >= 11 is 0. The van der Waals surface area contributed by atoms with Crippen LogP contribution in [-0.4, -0.2) is 68.5 Å². The van der Waals surface area contributed by atoms with Crippen molar-refractivity contribution in [2.75, 3.05) is 16.0 Å². The van der Waals surface area contributed by atoms with Crippen molar-refractivity contribution in [1.82, 2.24) is 30.9 Å². The number of hydrogen-bond acceptors (Lipinski definition) is 6. The normalized spacial score (nSPS) is 12.2. The molecule has 9 aromatic carbocycles. The van der Waals surface area contributed by atoms with Gasteiger partial charge in [-0.1, -0.05) is 182 Å². The van der Waals surface area contributed by atoms with E-state index in [4.69, 9.17) is 0 Å². The number of aromatic nitrogens is 3. The smallest absolute Gasteiger partial charge is 0.247 e. The van der Waals surface area contributed by atoms with Gasteiger partial charge in [-0.15, -0.1) is 0 Å². The average Bonchev–Trinajstić information content (AvgIpc) is 1.96. The van der Waals surface area contributed by atoms with Crippen LogP contribution in [0.4, 0.5) is 17.1 Å². The topological polar surface area (TPSA) is 222 Å². The minimum Gasteiger partial charge on any atom is -0.361 e. The van der Waals surface area contributed by atoms with E-state index in [0.717, 1.165) is 82.8 Å². The number of para-hydroxylation sites is 3. The highest BCUT2D eigenvalue weighted by Crippen LogP contribution is 2.35. The largest absolute Gasteiger partial charge is 0.361 e. The Hall–Kier alpha value is -11.6. The zero-order chi connectivity index (χ0) is 62.5.